The van der Waals surface area contributed by atoms with Crippen molar-refractivity contribution in [2.24, 2.45) is 0 Å². The lowest BCUT2D eigenvalue weighted by Crippen LogP contribution is -2.15. The molecule has 3 rings (SSSR count). The van der Waals surface area contributed by atoms with E-state index in [4.69, 9.17) is 9.47 Å². The van der Waals surface area contributed by atoms with E-state index < -0.39 is 5.97 Å². The summed E-state index contributed by atoms with van der Waals surface area (Å²) >= 11 is 0. The van der Waals surface area contributed by atoms with Crippen molar-refractivity contribution in [3.05, 3.63) is 30.2 Å². The van der Waals surface area contributed by atoms with Crippen LogP contribution in [0.4, 0.5) is 0 Å². The number of aromatic nitrogens is 2. The molecule has 1 N–H and O–H groups in total. The van der Waals surface area contributed by atoms with E-state index >= 15 is 0 Å². The summed E-state index contributed by atoms with van der Waals surface area (Å²) in [5, 5.41) is 0. The third-order valence-electron chi connectivity index (χ3n) is 2.81. The Balaban J connectivity index is 1.93. The molecule has 98 valence electrons. The average Bonchev–Trinajstić information content (AvgIpc) is 2.95. The summed E-state index contributed by atoms with van der Waals surface area (Å²) in [5.41, 5.74) is 1.59. The number of benzene rings is 1. The molecule has 0 radical (unpaired) electrons. The number of nitrogens with zero attached hydrogens (tertiary/aromatic N) is 1. The first-order chi connectivity index (χ1) is 9.28. The monoisotopic (exact) mass is 260 g/mol. The summed E-state index contributed by atoms with van der Waals surface area (Å²) in [6.45, 7) is 1.09. The summed E-state index contributed by atoms with van der Waals surface area (Å²) in [4.78, 5) is 18.2. The van der Waals surface area contributed by atoms with Gasteiger partial charge in [-0.3, -0.25) is 0 Å². The van der Waals surface area contributed by atoms with E-state index in [-0.39, 0.29) is 5.82 Å². The Morgan fingerprint density at radius 3 is 2.89 bits per heavy atom. The number of rotatable bonds is 2. The molecule has 0 fully saturated rings. The molecule has 1 aromatic carbocycles. The minimum atomic E-state index is -0.496. The summed E-state index contributed by atoms with van der Waals surface area (Å²) < 4.78 is 15.6. The molecule has 6 nitrogen and oxygen atoms in total. The van der Waals surface area contributed by atoms with Gasteiger partial charge in [-0.25, -0.2) is 9.78 Å². The maximum atomic E-state index is 11.3. The number of carbonyl (C=O) groups excluding carboxylic acids is 1. The first kappa shape index (κ1) is 11.6. The number of nitrogens with one attached hydrogen (secondary N) is 1. The second-order valence-electron chi connectivity index (χ2n) is 4.00. The number of carbonyl (C=O) groups is 1. The van der Waals surface area contributed by atoms with E-state index in [2.05, 4.69) is 14.7 Å². The molecule has 19 heavy (non-hydrogen) atoms. The first-order valence-corrected chi connectivity index (χ1v) is 5.81. The fraction of sp³-hybridized carbons (Fsp3) is 0.231. The number of imidazole rings is 1. The fourth-order valence-electron chi connectivity index (χ4n) is 1.88. The van der Waals surface area contributed by atoms with Crippen molar-refractivity contribution in [2.45, 2.75) is 0 Å². The van der Waals surface area contributed by atoms with E-state index in [1.807, 2.05) is 18.2 Å². The lowest BCUT2D eigenvalue weighted by atomic mass is 10.1. The van der Waals surface area contributed by atoms with Crippen molar-refractivity contribution in [3.8, 4) is 22.8 Å². The summed E-state index contributed by atoms with van der Waals surface area (Å²) in [5.74, 6) is 1.09. The fourth-order valence-corrected chi connectivity index (χ4v) is 1.88. The van der Waals surface area contributed by atoms with Gasteiger partial charge in [-0.15, -0.1) is 0 Å². The van der Waals surface area contributed by atoms with Crippen LogP contribution in [0.3, 0.4) is 0 Å². The lowest BCUT2D eigenvalue weighted by molar-refractivity contribution is 0.0588. The number of hydrogen-bond acceptors (Lipinski definition) is 5. The van der Waals surface area contributed by atoms with Gasteiger partial charge < -0.3 is 19.2 Å². The van der Waals surface area contributed by atoms with Crippen LogP contribution in [0.1, 0.15) is 10.6 Å². The summed E-state index contributed by atoms with van der Waals surface area (Å²) in [7, 11) is 1.31. The Morgan fingerprint density at radius 1 is 1.32 bits per heavy atom. The number of H-pyrrole nitrogens is 1. The van der Waals surface area contributed by atoms with Gasteiger partial charge in [0, 0.05) is 5.56 Å². The predicted molar refractivity (Wildman–Crippen MR) is 66.4 cm³/mol. The van der Waals surface area contributed by atoms with Crippen molar-refractivity contribution >= 4 is 5.97 Å². The van der Waals surface area contributed by atoms with Crippen LogP contribution in [0, 0.1) is 0 Å². The van der Waals surface area contributed by atoms with Gasteiger partial charge in [-0.2, -0.15) is 0 Å². The second kappa shape index (κ2) is 4.64. The highest BCUT2D eigenvalue weighted by atomic mass is 16.6. The highest BCUT2D eigenvalue weighted by Gasteiger charge is 2.15. The highest BCUT2D eigenvalue weighted by molar-refractivity contribution is 5.86. The maximum absolute atomic E-state index is 11.3. The molecule has 1 aromatic heterocycles. The smallest absolute Gasteiger partial charge is 0.374 e. The average molecular weight is 260 g/mol. The van der Waals surface area contributed by atoms with Gasteiger partial charge in [-0.1, -0.05) is 0 Å². The largest absolute Gasteiger partial charge is 0.486 e. The normalized spacial score (nSPS) is 13.1. The first-order valence-electron chi connectivity index (χ1n) is 5.81. The quantitative estimate of drug-likeness (QED) is 0.831. The Kier molecular flexibility index (Phi) is 2.83. The van der Waals surface area contributed by atoms with Gasteiger partial charge in [0.1, 0.15) is 13.2 Å². The topological polar surface area (TPSA) is 73.4 Å². The van der Waals surface area contributed by atoms with E-state index in [9.17, 15) is 4.79 Å². The Bertz CT molecular complexity index is 621. The van der Waals surface area contributed by atoms with Crippen molar-refractivity contribution in [2.75, 3.05) is 20.3 Å². The van der Waals surface area contributed by atoms with Crippen molar-refractivity contribution in [1.29, 1.82) is 0 Å². The number of hydrogen-bond donors (Lipinski definition) is 1. The van der Waals surface area contributed by atoms with Crippen LogP contribution in [0.15, 0.2) is 24.4 Å². The predicted octanol–water partition coefficient (Wildman–Crippen LogP) is 1.63. The molecule has 1 aliphatic heterocycles. The minimum absolute atomic E-state index is 0.174. The van der Waals surface area contributed by atoms with Crippen LogP contribution in [-0.2, 0) is 4.74 Å². The molecule has 0 amide bonds. The van der Waals surface area contributed by atoms with Gasteiger partial charge >= 0.3 is 5.97 Å². The third-order valence-corrected chi connectivity index (χ3v) is 2.81. The van der Waals surface area contributed by atoms with Gasteiger partial charge in [0.05, 0.1) is 19.0 Å². The van der Waals surface area contributed by atoms with Crippen molar-refractivity contribution in [1.82, 2.24) is 9.97 Å². The molecule has 0 aliphatic carbocycles. The molecule has 1 aliphatic rings. The summed E-state index contributed by atoms with van der Waals surface area (Å²) in [6, 6.07) is 5.56. The standard InChI is InChI=1S/C13H12N2O4/c1-17-13(16)12-14-7-9(15-12)8-2-3-10-11(6-8)19-5-4-18-10/h2-3,6-7H,4-5H2,1H3,(H,14,15). The minimum Gasteiger partial charge on any atom is -0.486 e. The SMILES string of the molecule is COC(=O)c1ncc(-c2ccc3c(c2)OCCO3)[nH]1. The molecular formula is C13H12N2O4. The zero-order valence-corrected chi connectivity index (χ0v) is 10.3. The number of aromatic amines is 1. The number of fused-ring (bicyclic) bond motifs is 1. The molecule has 0 unspecified atom stereocenters. The molecule has 0 spiro atoms. The van der Waals surface area contributed by atoms with E-state index in [0.717, 1.165) is 17.0 Å². The van der Waals surface area contributed by atoms with E-state index in [0.29, 0.717) is 19.0 Å². The molecule has 0 atom stereocenters. The second-order valence-corrected chi connectivity index (χ2v) is 4.00. The molecule has 0 bridgehead atoms. The van der Waals surface area contributed by atoms with Crippen LogP contribution in [0.2, 0.25) is 0 Å². The van der Waals surface area contributed by atoms with E-state index in [1.54, 1.807) is 6.20 Å². The highest BCUT2D eigenvalue weighted by Crippen LogP contribution is 2.33. The molecule has 6 heteroatoms. The molecule has 2 aromatic rings. The summed E-state index contributed by atoms with van der Waals surface area (Å²) in [6.07, 6.45) is 1.58. The Labute approximate surface area is 109 Å². The van der Waals surface area contributed by atoms with Gasteiger partial charge in [0.2, 0.25) is 5.82 Å². The molecule has 0 saturated carbocycles. The van der Waals surface area contributed by atoms with Crippen LogP contribution in [0.5, 0.6) is 11.5 Å². The lowest BCUT2D eigenvalue weighted by Gasteiger charge is -2.18. The van der Waals surface area contributed by atoms with Gasteiger partial charge in [0.25, 0.3) is 0 Å². The number of methoxy groups -OCH3 is 1. The zero-order valence-electron chi connectivity index (χ0n) is 10.3. The zero-order chi connectivity index (χ0) is 13.2. The third kappa shape index (κ3) is 2.12. The van der Waals surface area contributed by atoms with Gasteiger partial charge in [-0.05, 0) is 18.2 Å². The molecule has 2 heterocycles. The van der Waals surface area contributed by atoms with Crippen LogP contribution >= 0.6 is 0 Å². The van der Waals surface area contributed by atoms with Crippen LogP contribution in [0.25, 0.3) is 11.3 Å². The number of esters is 1. The molecular weight excluding hydrogens is 248 g/mol. The number of ether oxygens (including phenoxy) is 3. The van der Waals surface area contributed by atoms with Crippen LogP contribution in [-0.4, -0.2) is 36.3 Å². The Morgan fingerprint density at radius 2 is 2.11 bits per heavy atom. The molecule has 0 saturated heterocycles. The van der Waals surface area contributed by atoms with Gasteiger partial charge in [0.15, 0.2) is 11.5 Å². The van der Waals surface area contributed by atoms with Crippen molar-refractivity contribution < 1.29 is 19.0 Å². The Hall–Kier alpha value is -2.50. The maximum Gasteiger partial charge on any atom is 0.374 e. The van der Waals surface area contributed by atoms with Crippen molar-refractivity contribution in [3.63, 3.8) is 0 Å². The van der Waals surface area contributed by atoms with Crippen LogP contribution < -0.4 is 9.47 Å². The van der Waals surface area contributed by atoms with E-state index in [1.165, 1.54) is 7.11 Å².